The lowest BCUT2D eigenvalue weighted by Crippen LogP contribution is -2.52. The molecule has 0 aromatic carbocycles. The van der Waals surface area contributed by atoms with Crippen LogP contribution in [0.3, 0.4) is 0 Å². The Morgan fingerprint density at radius 3 is 3.00 bits per heavy atom. The average Bonchev–Trinajstić information content (AvgIpc) is 2.79. The van der Waals surface area contributed by atoms with Gasteiger partial charge in [-0.05, 0) is 19.1 Å². The minimum Gasteiger partial charge on any atom is -0.478 e. The van der Waals surface area contributed by atoms with Crippen LogP contribution in [-0.2, 0) is 0 Å². The number of aromatic carboxylic acids is 1. The zero-order chi connectivity index (χ0) is 14.3. The Labute approximate surface area is 116 Å². The molecule has 1 aromatic rings. The number of aromatic nitrogens is 1. The molecule has 106 valence electrons. The van der Waals surface area contributed by atoms with Crippen molar-refractivity contribution in [3.05, 3.63) is 23.4 Å². The second kappa shape index (κ2) is 4.66. The quantitative estimate of drug-likeness (QED) is 0.811. The van der Waals surface area contributed by atoms with Crippen LogP contribution >= 0.6 is 0 Å². The molecule has 2 aliphatic rings. The van der Waals surface area contributed by atoms with Crippen LogP contribution < -0.4 is 10.2 Å². The number of carboxylic acid groups (broad SMARTS) is 1. The van der Waals surface area contributed by atoms with Gasteiger partial charge in [0.05, 0.1) is 11.6 Å². The molecule has 3 rings (SSSR count). The van der Waals surface area contributed by atoms with E-state index < -0.39 is 5.97 Å². The number of hydrogen-bond acceptors (Lipinski definition) is 4. The summed E-state index contributed by atoms with van der Waals surface area (Å²) in [5.41, 5.74) is 0.929. The maximum atomic E-state index is 11.6. The second-order valence-electron chi connectivity index (χ2n) is 5.14. The molecule has 7 nitrogen and oxygen atoms in total. The number of piperazine rings is 1. The van der Waals surface area contributed by atoms with E-state index >= 15 is 0 Å². The minimum atomic E-state index is -0.951. The van der Waals surface area contributed by atoms with Crippen molar-refractivity contribution in [2.75, 3.05) is 31.1 Å². The van der Waals surface area contributed by atoms with E-state index in [1.165, 1.54) is 0 Å². The van der Waals surface area contributed by atoms with Crippen LogP contribution in [0.1, 0.15) is 16.1 Å². The summed E-state index contributed by atoms with van der Waals surface area (Å²) in [5, 5.41) is 11.9. The number of carbonyl (C=O) groups excluding carboxylic acids is 1. The van der Waals surface area contributed by atoms with Gasteiger partial charge in [-0.15, -0.1) is 0 Å². The molecule has 0 radical (unpaired) electrons. The van der Waals surface area contributed by atoms with Gasteiger partial charge >= 0.3 is 12.0 Å². The lowest BCUT2D eigenvalue weighted by molar-refractivity contribution is 0.0696. The highest BCUT2D eigenvalue weighted by molar-refractivity contribution is 5.88. The number of anilines is 1. The molecule has 2 fully saturated rings. The van der Waals surface area contributed by atoms with Crippen LogP contribution in [0.4, 0.5) is 10.6 Å². The van der Waals surface area contributed by atoms with Gasteiger partial charge in [0.2, 0.25) is 0 Å². The van der Waals surface area contributed by atoms with E-state index in [9.17, 15) is 9.59 Å². The molecule has 1 aromatic heterocycles. The standard InChI is InChI=1S/C13H16N4O3/c1-8-4-9(12(18)19)5-11(15-8)16-2-3-17-10(7-16)6-14-13(17)20/h4-5,10H,2-3,6-7H2,1H3,(H,14,20)(H,18,19). The molecule has 7 heteroatoms. The average molecular weight is 276 g/mol. The number of hydrogen-bond donors (Lipinski definition) is 2. The molecule has 1 atom stereocenters. The van der Waals surface area contributed by atoms with Crippen LogP contribution in [0, 0.1) is 6.92 Å². The molecule has 2 saturated heterocycles. The lowest BCUT2D eigenvalue weighted by Gasteiger charge is -2.37. The number of carbonyl (C=O) groups is 2. The molecule has 2 aliphatic heterocycles. The molecule has 2 amide bonds. The van der Waals surface area contributed by atoms with E-state index in [0.717, 1.165) is 0 Å². The van der Waals surface area contributed by atoms with Crippen molar-refractivity contribution in [2.24, 2.45) is 0 Å². The van der Waals surface area contributed by atoms with Gasteiger partial charge in [0.1, 0.15) is 5.82 Å². The number of urea groups is 1. The Morgan fingerprint density at radius 2 is 2.25 bits per heavy atom. The fraction of sp³-hybridized carbons (Fsp3) is 0.462. The van der Waals surface area contributed by atoms with Crippen LogP contribution in [0.25, 0.3) is 0 Å². The monoisotopic (exact) mass is 276 g/mol. The SMILES string of the molecule is Cc1cc(C(=O)O)cc(N2CCN3C(=O)NCC3C2)n1. The predicted octanol–water partition coefficient (Wildman–Crippen LogP) is 0.302. The van der Waals surface area contributed by atoms with Crippen molar-refractivity contribution in [1.82, 2.24) is 15.2 Å². The Hall–Kier alpha value is -2.31. The van der Waals surface area contributed by atoms with Gasteiger partial charge in [0.25, 0.3) is 0 Å². The van der Waals surface area contributed by atoms with Crippen molar-refractivity contribution in [1.29, 1.82) is 0 Å². The van der Waals surface area contributed by atoms with Crippen LogP contribution in [-0.4, -0.2) is 59.2 Å². The summed E-state index contributed by atoms with van der Waals surface area (Å²) in [6.45, 7) is 4.39. The molecule has 0 spiro atoms. The van der Waals surface area contributed by atoms with Crippen LogP contribution in [0.5, 0.6) is 0 Å². The zero-order valence-electron chi connectivity index (χ0n) is 11.2. The Kier molecular flexibility index (Phi) is 2.96. The number of nitrogens with zero attached hydrogens (tertiary/aromatic N) is 3. The molecular weight excluding hydrogens is 260 g/mol. The van der Waals surface area contributed by atoms with Crippen LogP contribution in [0.2, 0.25) is 0 Å². The summed E-state index contributed by atoms with van der Waals surface area (Å²) in [6, 6.07) is 3.27. The van der Waals surface area contributed by atoms with E-state index in [1.807, 2.05) is 9.80 Å². The Morgan fingerprint density at radius 1 is 1.45 bits per heavy atom. The van der Waals surface area contributed by atoms with Gasteiger partial charge in [0.15, 0.2) is 0 Å². The van der Waals surface area contributed by atoms with Gasteiger partial charge in [-0.25, -0.2) is 14.6 Å². The summed E-state index contributed by atoms with van der Waals surface area (Å²) in [4.78, 5) is 30.9. The molecule has 20 heavy (non-hydrogen) atoms. The fourth-order valence-corrected chi connectivity index (χ4v) is 2.75. The van der Waals surface area contributed by atoms with Gasteiger partial charge in [-0.1, -0.05) is 0 Å². The second-order valence-corrected chi connectivity index (χ2v) is 5.14. The number of fused-ring (bicyclic) bond motifs is 1. The van der Waals surface area contributed by atoms with E-state index in [-0.39, 0.29) is 17.6 Å². The summed E-state index contributed by atoms with van der Waals surface area (Å²) in [5.74, 6) is -0.283. The maximum Gasteiger partial charge on any atom is 0.335 e. The third-order valence-electron chi connectivity index (χ3n) is 3.74. The molecule has 2 N–H and O–H groups in total. The highest BCUT2D eigenvalue weighted by Crippen LogP contribution is 2.21. The first-order valence-electron chi connectivity index (χ1n) is 6.56. The van der Waals surface area contributed by atoms with Gasteiger partial charge < -0.3 is 20.2 Å². The molecule has 0 aliphatic carbocycles. The first-order chi connectivity index (χ1) is 9.54. The van der Waals surface area contributed by atoms with E-state index in [2.05, 4.69) is 10.3 Å². The summed E-state index contributed by atoms with van der Waals surface area (Å²) in [6.07, 6.45) is 0. The number of aryl methyl sites for hydroxylation is 1. The number of nitrogens with one attached hydrogen (secondary N) is 1. The highest BCUT2D eigenvalue weighted by Gasteiger charge is 2.35. The summed E-state index contributed by atoms with van der Waals surface area (Å²) < 4.78 is 0. The lowest BCUT2D eigenvalue weighted by atomic mass is 10.1. The molecule has 0 saturated carbocycles. The number of carboxylic acids is 1. The van der Waals surface area contributed by atoms with Crippen molar-refractivity contribution in [3.8, 4) is 0 Å². The minimum absolute atomic E-state index is 0.0157. The smallest absolute Gasteiger partial charge is 0.335 e. The van der Waals surface area contributed by atoms with Gasteiger partial charge in [0, 0.05) is 31.9 Å². The fourth-order valence-electron chi connectivity index (χ4n) is 2.75. The topological polar surface area (TPSA) is 85.8 Å². The van der Waals surface area contributed by atoms with E-state index in [1.54, 1.807) is 19.1 Å². The largest absolute Gasteiger partial charge is 0.478 e. The Bertz CT molecular complexity index is 575. The number of pyridine rings is 1. The first kappa shape index (κ1) is 12.7. The third kappa shape index (κ3) is 2.15. The van der Waals surface area contributed by atoms with Crippen molar-refractivity contribution in [3.63, 3.8) is 0 Å². The third-order valence-corrected chi connectivity index (χ3v) is 3.74. The Balaban J connectivity index is 1.83. The van der Waals surface area contributed by atoms with Crippen molar-refractivity contribution in [2.45, 2.75) is 13.0 Å². The van der Waals surface area contributed by atoms with Gasteiger partial charge in [-0.3, -0.25) is 0 Å². The summed E-state index contributed by atoms with van der Waals surface area (Å²) >= 11 is 0. The highest BCUT2D eigenvalue weighted by atomic mass is 16.4. The van der Waals surface area contributed by atoms with Gasteiger partial charge in [-0.2, -0.15) is 0 Å². The summed E-state index contributed by atoms with van der Waals surface area (Å²) in [7, 11) is 0. The first-order valence-corrected chi connectivity index (χ1v) is 6.56. The zero-order valence-corrected chi connectivity index (χ0v) is 11.2. The molecular formula is C13H16N4O3. The van der Waals surface area contributed by atoms with Crippen molar-refractivity contribution >= 4 is 17.8 Å². The van der Waals surface area contributed by atoms with Crippen LogP contribution in [0.15, 0.2) is 12.1 Å². The van der Waals surface area contributed by atoms with E-state index in [0.29, 0.717) is 37.7 Å². The number of amides is 2. The molecule has 1 unspecified atom stereocenters. The number of rotatable bonds is 2. The van der Waals surface area contributed by atoms with E-state index in [4.69, 9.17) is 5.11 Å². The maximum absolute atomic E-state index is 11.6. The normalized spacial score (nSPS) is 21.6. The predicted molar refractivity (Wildman–Crippen MR) is 72.0 cm³/mol. The molecule has 3 heterocycles. The van der Waals surface area contributed by atoms with Crippen molar-refractivity contribution < 1.29 is 14.7 Å². The molecule has 0 bridgehead atoms.